The number of amides is 1. The smallest absolute Gasteiger partial charge is 0.415 e. The van der Waals surface area contributed by atoms with Gasteiger partial charge in [0.25, 0.3) is 0 Å². The number of hydrogen-bond acceptors (Lipinski definition) is 4. The highest BCUT2D eigenvalue weighted by Gasteiger charge is 2.47. The number of aromatic hydroxyl groups is 1. The van der Waals surface area contributed by atoms with Gasteiger partial charge < -0.3 is 14.9 Å². The van der Waals surface area contributed by atoms with Gasteiger partial charge in [0, 0.05) is 5.69 Å². The predicted molar refractivity (Wildman–Crippen MR) is 111 cm³/mol. The molecule has 1 heterocycles. The second-order valence-corrected chi connectivity index (χ2v) is 7.32. The normalized spacial score (nSPS) is 19.5. The molecule has 1 saturated heterocycles. The fourth-order valence-electron chi connectivity index (χ4n) is 3.80. The molecule has 0 aliphatic carbocycles. The summed E-state index contributed by atoms with van der Waals surface area (Å²) in [6, 6.07) is 21.0. The van der Waals surface area contributed by atoms with E-state index in [1.165, 1.54) is 41.3 Å². The van der Waals surface area contributed by atoms with Crippen LogP contribution in [0.2, 0.25) is 0 Å². The van der Waals surface area contributed by atoms with Gasteiger partial charge in [0.2, 0.25) is 0 Å². The fourth-order valence-corrected chi connectivity index (χ4v) is 3.80. The third-order valence-corrected chi connectivity index (χ3v) is 5.33. The van der Waals surface area contributed by atoms with E-state index in [1.807, 2.05) is 30.3 Å². The number of hydrogen-bond donors (Lipinski definition) is 2. The quantitative estimate of drug-likeness (QED) is 0.627. The molecule has 30 heavy (non-hydrogen) atoms. The fraction of sp³-hybridized carbons (Fsp3) is 0.208. The maximum atomic E-state index is 13.4. The summed E-state index contributed by atoms with van der Waals surface area (Å²) in [4.78, 5) is 14.1. The Morgan fingerprint density at radius 3 is 2.30 bits per heavy atom. The van der Waals surface area contributed by atoms with Gasteiger partial charge >= 0.3 is 6.09 Å². The highest BCUT2D eigenvalue weighted by Crippen LogP contribution is 2.39. The summed E-state index contributed by atoms with van der Waals surface area (Å²) < 4.78 is 19.0. The zero-order valence-corrected chi connectivity index (χ0v) is 16.2. The third kappa shape index (κ3) is 4.14. The molecule has 0 bridgehead atoms. The lowest BCUT2D eigenvalue weighted by molar-refractivity contribution is 0.0762. The van der Waals surface area contributed by atoms with Crippen LogP contribution in [0, 0.1) is 5.82 Å². The Bertz CT molecular complexity index is 992. The van der Waals surface area contributed by atoms with Crippen molar-refractivity contribution in [3.63, 3.8) is 0 Å². The Balaban J connectivity index is 1.65. The number of aliphatic hydroxyl groups excluding tert-OH is 1. The molecule has 0 radical (unpaired) electrons. The SMILES string of the molecule is O=C1O[C@@H](c2ccc(O)cc2)[C@@H]([C@H](O)CCc2ccccc2)N1c1ccc(F)cc1. The van der Waals surface area contributed by atoms with Gasteiger partial charge in [0.1, 0.15) is 17.6 Å². The van der Waals surface area contributed by atoms with Crippen LogP contribution in [0.5, 0.6) is 5.75 Å². The first-order chi connectivity index (χ1) is 14.5. The van der Waals surface area contributed by atoms with Crippen LogP contribution in [0.3, 0.4) is 0 Å². The minimum absolute atomic E-state index is 0.0969. The van der Waals surface area contributed by atoms with Crippen LogP contribution in [-0.4, -0.2) is 28.5 Å². The lowest BCUT2D eigenvalue weighted by Gasteiger charge is -2.29. The molecule has 1 aliphatic rings. The Morgan fingerprint density at radius 2 is 1.63 bits per heavy atom. The van der Waals surface area contributed by atoms with Gasteiger partial charge in [-0.15, -0.1) is 0 Å². The van der Waals surface area contributed by atoms with Crippen molar-refractivity contribution >= 4 is 11.8 Å². The predicted octanol–water partition coefficient (Wildman–Crippen LogP) is 4.59. The first-order valence-corrected chi connectivity index (χ1v) is 9.79. The van der Waals surface area contributed by atoms with Crippen LogP contribution in [0.4, 0.5) is 14.9 Å². The number of aliphatic hydroxyl groups is 1. The van der Waals surface area contributed by atoms with Crippen molar-refractivity contribution in [2.24, 2.45) is 0 Å². The van der Waals surface area contributed by atoms with Crippen LogP contribution in [0.25, 0.3) is 0 Å². The summed E-state index contributed by atoms with van der Waals surface area (Å²) in [6.07, 6.45) is -1.18. The molecule has 0 saturated carbocycles. The van der Waals surface area contributed by atoms with E-state index in [-0.39, 0.29) is 5.75 Å². The van der Waals surface area contributed by atoms with Crippen molar-refractivity contribution < 1.29 is 24.1 Å². The topological polar surface area (TPSA) is 70.0 Å². The molecule has 1 aliphatic heterocycles. The van der Waals surface area contributed by atoms with E-state index in [1.54, 1.807) is 12.1 Å². The highest BCUT2D eigenvalue weighted by atomic mass is 19.1. The van der Waals surface area contributed by atoms with E-state index in [2.05, 4.69) is 0 Å². The third-order valence-electron chi connectivity index (χ3n) is 5.33. The van der Waals surface area contributed by atoms with Gasteiger partial charge in [-0.1, -0.05) is 42.5 Å². The van der Waals surface area contributed by atoms with Crippen LogP contribution in [0.15, 0.2) is 78.9 Å². The molecule has 154 valence electrons. The number of cyclic esters (lactones) is 1. The first-order valence-electron chi connectivity index (χ1n) is 9.79. The van der Waals surface area contributed by atoms with Crippen molar-refractivity contribution in [1.29, 1.82) is 0 Å². The second-order valence-electron chi connectivity index (χ2n) is 7.32. The van der Waals surface area contributed by atoms with Crippen LogP contribution < -0.4 is 4.90 Å². The van der Waals surface area contributed by atoms with Crippen LogP contribution in [-0.2, 0) is 11.2 Å². The molecule has 2 N–H and O–H groups in total. The standard InChI is InChI=1S/C24H22FNO4/c25-18-9-11-19(12-10-18)26-22(21(28)15-6-16-4-2-1-3-5-16)23(30-24(26)29)17-7-13-20(27)14-8-17/h1-5,7-14,21-23,27-28H,6,15H2/t21-,22-,23+/m1/s1. The number of nitrogens with zero attached hydrogens (tertiary/aromatic N) is 1. The lowest BCUT2D eigenvalue weighted by atomic mass is 9.93. The Labute approximate surface area is 174 Å². The minimum Gasteiger partial charge on any atom is -0.508 e. The molecule has 3 aromatic rings. The number of ether oxygens (including phenoxy) is 1. The molecule has 4 rings (SSSR count). The Morgan fingerprint density at radius 1 is 0.967 bits per heavy atom. The van der Waals surface area contributed by atoms with Crippen molar-refractivity contribution in [3.8, 4) is 5.75 Å². The molecular formula is C24H22FNO4. The molecule has 5 nitrogen and oxygen atoms in total. The molecule has 3 aromatic carbocycles. The molecular weight excluding hydrogens is 385 g/mol. The Kier molecular flexibility index (Phi) is 5.68. The van der Waals surface area contributed by atoms with E-state index < -0.39 is 30.2 Å². The summed E-state index contributed by atoms with van der Waals surface area (Å²) in [5.41, 5.74) is 2.19. The Hall–Kier alpha value is -3.38. The number of anilines is 1. The molecule has 0 aromatic heterocycles. The van der Waals surface area contributed by atoms with Crippen LogP contribution in [0.1, 0.15) is 23.7 Å². The van der Waals surface area contributed by atoms with Crippen molar-refractivity contribution in [3.05, 3.63) is 95.8 Å². The molecule has 6 heteroatoms. The number of benzene rings is 3. The molecule has 1 fully saturated rings. The summed E-state index contributed by atoms with van der Waals surface area (Å²) in [5.74, 6) is -0.317. The summed E-state index contributed by atoms with van der Waals surface area (Å²) in [5, 5.41) is 20.7. The first kappa shape index (κ1) is 19.9. The largest absolute Gasteiger partial charge is 0.508 e. The van der Waals surface area contributed by atoms with Gasteiger partial charge in [-0.2, -0.15) is 0 Å². The molecule has 1 amide bonds. The number of rotatable bonds is 6. The number of carbonyl (C=O) groups is 1. The van der Waals surface area contributed by atoms with E-state index >= 15 is 0 Å². The van der Waals surface area contributed by atoms with E-state index in [4.69, 9.17) is 4.74 Å². The number of phenolic OH excluding ortho intramolecular Hbond substituents is 1. The summed E-state index contributed by atoms with van der Waals surface area (Å²) in [6.45, 7) is 0. The summed E-state index contributed by atoms with van der Waals surface area (Å²) >= 11 is 0. The van der Waals surface area contributed by atoms with Crippen molar-refractivity contribution in [1.82, 2.24) is 0 Å². The van der Waals surface area contributed by atoms with Gasteiger partial charge in [-0.3, -0.25) is 4.90 Å². The van der Waals surface area contributed by atoms with Gasteiger partial charge in [-0.05, 0) is 60.4 Å². The monoisotopic (exact) mass is 407 g/mol. The number of carbonyl (C=O) groups excluding carboxylic acids is 1. The van der Waals surface area contributed by atoms with Gasteiger partial charge in [0.05, 0.1) is 6.10 Å². The van der Waals surface area contributed by atoms with Crippen LogP contribution >= 0.6 is 0 Å². The van der Waals surface area contributed by atoms with E-state index in [9.17, 15) is 19.4 Å². The average molecular weight is 407 g/mol. The minimum atomic E-state index is -0.888. The number of phenols is 1. The zero-order valence-electron chi connectivity index (χ0n) is 16.2. The molecule has 0 spiro atoms. The van der Waals surface area contributed by atoms with Gasteiger partial charge in [0.15, 0.2) is 6.10 Å². The van der Waals surface area contributed by atoms with Crippen molar-refractivity contribution in [2.45, 2.75) is 31.1 Å². The van der Waals surface area contributed by atoms with Gasteiger partial charge in [-0.25, -0.2) is 9.18 Å². The number of aryl methyl sites for hydroxylation is 1. The number of halogens is 1. The summed E-state index contributed by atoms with van der Waals surface area (Å²) in [7, 11) is 0. The lowest BCUT2D eigenvalue weighted by Crippen LogP contribution is -2.43. The highest BCUT2D eigenvalue weighted by molar-refractivity contribution is 5.91. The van der Waals surface area contributed by atoms with E-state index in [0.717, 1.165) is 5.56 Å². The van der Waals surface area contributed by atoms with Crippen molar-refractivity contribution in [2.75, 3.05) is 4.90 Å². The van der Waals surface area contributed by atoms with E-state index in [0.29, 0.717) is 24.1 Å². The maximum absolute atomic E-state index is 13.4. The molecule has 0 unspecified atom stereocenters. The molecule has 3 atom stereocenters. The average Bonchev–Trinajstić information content (AvgIpc) is 3.11. The zero-order chi connectivity index (χ0) is 21.1. The maximum Gasteiger partial charge on any atom is 0.415 e. The second kappa shape index (κ2) is 8.55.